The maximum absolute atomic E-state index is 11.9. The van der Waals surface area contributed by atoms with Gasteiger partial charge in [-0.1, -0.05) is 0 Å². The first-order valence-electron chi connectivity index (χ1n) is 5.97. The van der Waals surface area contributed by atoms with E-state index in [1.165, 1.54) is 0 Å². The van der Waals surface area contributed by atoms with Crippen LogP contribution in [0.5, 0.6) is 0 Å². The van der Waals surface area contributed by atoms with Gasteiger partial charge in [-0.15, -0.1) is 0 Å². The Kier molecular flexibility index (Phi) is 5.38. The van der Waals surface area contributed by atoms with Gasteiger partial charge in [0.15, 0.2) is 9.84 Å². The van der Waals surface area contributed by atoms with E-state index in [2.05, 4.69) is 0 Å². The van der Waals surface area contributed by atoms with E-state index in [9.17, 15) is 13.2 Å². The van der Waals surface area contributed by atoms with Crippen molar-refractivity contribution < 1.29 is 17.9 Å². The summed E-state index contributed by atoms with van der Waals surface area (Å²) in [6.07, 6.45) is 0.0779. The van der Waals surface area contributed by atoms with E-state index >= 15 is 0 Å². The van der Waals surface area contributed by atoms with Gasteiger partial charge in [-0.2, -0.15) is 0 Å². The van der Waals surface area contributed by atoms with Crippen LogP contribution in [-0.4, -0.2) is 36.5 Å². The van der Waals surface area contributed by atoms with Gasteiger partial charge in [-0.3, -0.25) is 4.79 Å². The zero-order valence-corrected chi connectivity index (χ0v) is 12.9. The number of rotatable bonds is 4. The Balaban J connectivity index is 4.45. The average Bonchev–Trinajstić information content (AvgIpc) is 2.09. The molecule has 0 heterocycles. The van der Waals surface area contributed by atoms with Crippen LogP contribution in [0.4, 0.5) is 0 Å². The molecule has 0 aromatic heterocycles. The van der Waals surface area contributed by atoms with E-state index in [-0.39, 0.29) is 12.2 Å². The molecule has 1 atom stereocenters. The number of carbonyl (C=O) groups is 1. The third-order valence-corrected chi connectivity index (χ3v) is 4.98. The molecule has 2 N–H and O–H groups in total. The van der Waals surface area contributed by atoms with Crippen LogP contribution >= 0.6 is 0 Å². The number of nitrogens with two attached hydrogens (primary N) is 1. The third-order valence-electron chi connectivity index (χ3n) is 2.34. The molecular weight excluding hydrogens is 254 g/mol. The summed E-state index contributed by atoms with van der Waals surface area (Å²) in [5, 5.41) is 0. The summed E-state index contributed by atoms with van der Waals surface area (Å²) in [7, 11) is -3.26. The SMILES string of the molecule is CC(C)(C)OC(=O)C(N)CCS(=O)(=O)C(C)(C)C. The van der Waals surface area contributed by atoms with Crippen LogP contribution in [0, 0.1) is 0 Å². The summed E-state index contributed by atoms with van der Waals surface area (Å²) >= 11 is 0. The normalized spacial score (nSPS) is 15.3. The maximum atomic E-state index is 11.9. The minimum atomic E-state index is -3.26. The Hall–Kier alpha value is -0.620. The molecule has 0 aromatic rings. The summed E-state index contributed by atoms with van der Waals surface area (Å²) in [6.45, 7) is 10.1. The van der Waals surface area contributed by atoms with Crippen LogP contribution in [0.2, 0.25) is 0 Å². The Bertz CT molecular complexity index is 387. The van der Waals surface area contributed by atoms with Crippen molar-refractivity contribution in [3.05, 3.63) is 0 Å². The topological polar surface area (TPSA) is 86.5 Å². The molecule has 108 valence electrons. The fourth-order valence-corrected chi connectivity index (χ4v) is 2.26. The maximum Gasteiger partial charge on any atom is 0.323 e. The molecule has 0 rings (SSSR count). The van der Waals surface area contributed by atoms with Crippen molar-refractivity contribution in [2.45, 2.75) is 64.4 Å². The molecule has 5 nitrogen and oxygen atoms in total. The highest BCUT2D eigenvalue weighted by molar-refractivity contribution is 7.92. The second-order valence-corrected chi connectivity index (χ2v) is 9.22. The largest absolute Gasteiger partial charge is 0.459 e. The van der Waals surface area contributed by atoms with Crippen LogP contribution in [-0.2, 0) is 19.4 Å². The monoisotopic (exact) mass is 279 g/mol. The van der Waals surface area contributed by atoms with Crippen molar-refractivity contribution in [3.63, 3.8) is 0 Å². The van der Waals surface area contributed by atoms with Crippen molar-refractivity contribution in [1.29, 1.82) is 0 Å². The molecule has 0 aliphatic heterocycles. The summed E-state index contributed by atoms with van der Waals surface area (Å²) < 4.78 is 28.0. The fourth-order valence-electron chi connectivity index (χ4n) is 1.08. The van der Waals surface area contributed by atoms with E-state index < -0.39 is 32.2 Å². The standard InChI is InChI=1S/C12H25NO4S/c1-11(2,3)17-10(14)9(13)7-8-18(15,16)12(4,5)6/h9H,7-8,13H2,1-6H3. The van der Waals surface area contributed by atoms with E-state index in [4.69, 9.17) is 10.5 Å². The lowest BCUT2D eigenvalue weighted by Crippen LogP contribution is -2.40. The highest BCUT2D eigenvalue weighted by Gasteiger charge is 2.31. The van der Waals surface area contributed by atoms with Gasteiger partial charge < -0.3 is 10.5 Å². The quantitative estimate of drug-likeness (QED) is 0.783. The molecule has 0 radical (unpaired) electrons. The zero-order valence-electron chi connectivity index (χ0n) is 12.1. The lowest BCUT2D eigenvalue weighted by molar-refractivity contribution is -0.156. The van der Waals surface area contributed by atoms with E-state index in [1.807, 2.05) is 0 Å². The van der Waals surface area contributed by atoms with Gasteiger partial charge >= 0.3 is 5.97 Å². The Morgan fingerprint density at radius 1 is 1.17 bits per heavy atom. The van der Waals surface area contributed by atoms with E-state index in [1.54, 1.807) is 41.5 Å². The molecule has 0 amide bonds. The van der Waals surface area contributed by atoms with Crippen molar-refractivity contribution in [1.82, 2.24) is 0 Å². The number of carbonyl (C=O) groups excluding carboxylic acids is 1. The molecule has 1 unspecified atom stereocenters. The molecular formula is C12H25NO4S. The van der Waals surface area contributed by atoms with Crippen LogP contribution in [0.25, 0.3) is 0 Å². The van der Waals surface area contributed by atoms with Gasteiger partial charge in [-0.05, 0) is 48.0 Å². The van der Waals surface area contributed by atoms with Crippen molar-refractivity contribution in [3.8, 4) is 0 Å². The van der Waals surface area contributed by atoms with Crippen molar-refractivity contribution in [2.24, 2.45) is 5.73 Å². The number of sulfone groups is 1. The first-order chi connectivity index (χ1) is 7.76. The molecule has 0 saturated heterocycles. The first-order valence-corrected chi connectivity index (χ1v) is 7.62. The zero-order chi connectivity index (χ0) is 14.8. The Labute approximate surface area is 110 Å². The predicted molar refractivity (Wildman–Crippen MR) is 72.0 cm³/mol. The molecule has 0 bridgehead atoms. The lowest BCUT2D eigenvalue weighted by Gasteiger charge is -2.23. The fraction of sp³-hybridized carbons (Fsp3) is 0.917. The van der Waals surface area contributed by atoms with Gasteiger partial charge in [0.1, 0.15) is 11.6 Å². The number of ether oxygens (including phenoxy) is 1. The molecule has 0 aliphatic carbocycles. The van der Waals surface area contributed by atoms with Crippen LogP contribution in [0.15, 0.2) is 0 Å². The molecule has 18 heavy (non-hydrogen) atoms. The van der Waals surface area contributed by atoms with Crippen molar-refractivity contribution >= 4 is 15.8 Å². The molecule has 0 aromatic carbocycles. The minimum absolute atomic E-state index is 0.0779. The molecule has 0 aliphatic rings. The van der Waals surface area contributed by atoms with Gasteiger partial charge in [0, 0.05) is 0 Å². The number of esters is 1. The van der Waals surface area contributed by atoms with Gasteiger partial charge in [-0.25, -0.2) is 8.42 Å². The number of hydrogen-bond acceptors (Lipinski definition) is 5. The second kappa shape index (κ2) is 5.57. The van der Waals surface area contributed by atoms with Crippen molar-refractivity contribution in [2.75, 3.05) is 5.75 Å². The van der Waals surface area contributed by atoms with Crippen LogP contribution < -0.4 is 5.73 Å². The second-order valence-electron chi connectivity index (χ2n) is 6.36. The van der Waals surface area contributed by atoms with Gasteiger partial charge in [0.2, 0.25) is 0 Å². The molecule has 0 spiro atoms. The highest BCUT2D eigenvalue weighted by atomic mass is 32.2. The number of hydrogen-bond donors (Lipinski definition) is 1. The summed E-state index contributed by atoms with van der Waals surface area (Å²) in [5.74, 6) is -0.678. The Morgan fingerprint density at radius 2 is 1.61 bits per heavy atom. The first kappa shape index (κ1) is 17.4. The predicted octanol–water partition coefficient (Wildman–Crippen LogP) is 1.26. The summed E-state index contributed by atoms with van der Waals surface area (Å²) in [4.78, 5) is 11.6. The smallest absolute Gasteiger partial charge is 0.323 e. The van der Waals surface area contributed by atoms with Crippen LogP contribution in [0.3, 0.4) is 0 Å². The lowest BCUT2D eigenvalue weighted by atomic mass is 10.2. The summed E-state index contributed by atoms with van der Waals surface area (Å²) in [6, 6.07) is -0.902. The minimum Gasteiger partial charge on any atom is -0.459 e. The average molecular weight is 279 g/mol. The Morgan fingerprint density at radius 3 is 1.94 bits per heavy atom. The molecule has 0 saturated carbocycles. The highest BCUT2D eigenvalue weighted by Crippen LogP contribution is 2.17. The molecule has 6 heteroatoms. The summed E-state index contributed by atoms with van der Waals surface area (Å²) in [5.41, 5.74) is 5.02. The van der Waals surface area contributed by atoms with Gasteiger partial charge in [0.05, 0.1) is 10.5 Å². The van der Waals surface area contributed by atoms with Gasteiger partial charge in [0.25, 0.3) is 0 Å². The molecule has 0 fully saturated rings. The third kappa shape index (κ3) is 5.82. The van der Waals surface area contributed by atoms with E-state index in [0.29, 0.717) is 0 Å². The van der Waals surface area contributed by atoms with E-state index in [0.717, 1.165) is 0 Å². The van der Waals surface area contributed by atoms with Crippen LogP contribution in [0.1, 0.15) is 48.0 Å².